The zero-order valence-electron chi connectivity index (χ0n) is 16.8. The number of alkyl halides is 3. The molecule has 0 aromatic heterocycles. The molecule has 0 fully saturated rings. The van der Waals surface area contributed by atoms with E-state index in [4.69, 9.17) is 4.74 Å². The summed E-state index contributed by atoms with van der Waals surface area (Å²) < 4.78 is 65.0. The van der Waals surface area contributed by atoms with Crippen LogP contribution in [0.25, 0.3) is 0 Å². The Bertz CT molecular complexity index is 791. The van der Waals surface area contributed by atoms with E-state index in [1.54, 1.807) is 32.9 Å². The molecule has 2 N–H and O–H groups in total. The Morgan fingerprint density at radius 1 is 1.21 bits per heavy atom. The largest absolute Gasteiger partial charge is 0.484 e. The van der Waals surface area contributed by atoms with Crippen molar-refractivity contribution in [2.45, 2.75) is 45.2 Å². The fourth-order valence-electron chi connectivity index (χ4n) is 2.02. The Kier molecular flexibility index (Phi) is 8.16. The summed E-state index contributed by atoms with van der Waals surface area (Å²) in [5, 5.41) is 5.95. The maximum absolute atomic E-state index is 12.5. The van der Waals surface area contributed by atoms with Crippen molar-refractivity contribution >= 4 is 15.8 Å². The smallest absolute Gasteiger partial charge is 0.422 e. The van der Waals surface area contributed by atoms with Gasteiger partial charge >= 0.3 is 6.18 Å². The minimum atomic E-state index is -4.43. The van der Waals surface area contributed by atoms with Gasteiger partial charge in [0.1, 0.15) is 5.75 Å². The van der Waals surface area contributed by atoms with Crippen molar-refractivity contribution in [2.24, 2.45) is 4.99 Å². The summed E-state index contributed by atoms with van der Waals surface area (Å²) >= 11 is 0. The van der Waals surface area contributed by atoms with Crippen LogP contribution in [0, 0.1) is 6.92 Å². The Morgan fingerprint density at radius 2 is 1.86 bits per heavy atom. The number of hydrogen-bond acceptors (Lipinski definition) is 4. The van der Waals surface area contributed by atoms with E-state index >= 15 is 0 Å². The molecule has 0 radical (unpaired) electrons. The zero-order chi connectivity index (χ0) is 21.6. The molecule has 28 heavy (non-hydrogen) atoms. The fraction of sp³-hybridized carbons (Fsp3) is 0.611. The Hall–Kier alpha value is -1.97. The van der Waals surface area contributed by atoms with E-state index in [9.17, 15) is 21.6 Å². The Labute approximate surface area is 164 Å². The summed E-state index contributed by atoms with van der Waals surface area (Å²) in [6.45, 7) is 6.16. The van der Waals surface area contributed by atoms with Gasteiger partial charge in [0.05, 0.1) is 11.3 Å². The number of aryl methyl sites for hydroxylation is 1. The van der Waals surface area contributed by atoms with E-state index in [0.29, 0.717) is 18.1 Å². The predicted octanol–water partition coefficient (Wildman–Crippen LogP) is 2.81. The molecule has 0 aliphatic rings. The molecule has 0 aliphatic carbocycles. The van der Waals surface area contributed by atoms with Crippen LogP contribution in [0.1, 0.15) is 31.9 Å². The first-order chi connectivity index (χ1) is 12.7. The number of rotatable bonds is 8. The monoisotopic (exact) mass is 423 g/mol. The van der Waals surface area contributed by atoms with Crippen LogP contribution < -0.4 is 15.4 Å². The number of halogens is 3. The molecule has 1 aromatic carbocycles. The third-order valence-corrected chi connectivity index (χ3v) is 6.20. The van der Waals surface area contributed by atoms with Gasteiger partial charge in [0, 0.05) is 24.9 Å². The van der Waals surface area contributed by atoms with E-state index in [0.717, 1.165) is 11.8 Å². The van der Waals surface area contributed by atoms with Gasteiger partial charge in [-0.05, 0) is 39.3 Å². The van der Waals surface area contributed by atoms with Crippen LogP contribution in [0.4, 0.5) is 13.2 Å². The Morgan fingerprint density at radius 3 is 2.39 bits per heavy atom. The van der Waals surface area contributed by atoms with Crippen molar-refractivity contribution in [1.82, 2.24) is 10.6 Å². The van der Waals surface area contributed by atoms with Crippen molar-refractivity contribution in [1.29, 1.82) is 0 Å². The molecule has 0 unspecified atom stereocenters. The highest BCUT2D eigenvalue weighted by Gasteiger charge is 2.30. The van der Waals surface area contributed by atoms with Gasteiger partial charge < -0.3 is 15.4 Å². The quantitative estimate of drug-likeness (QED) is 0.497. The lowest BCUT2D eigenvalue weighted by Gasteiger charge is -2.24. The summed E-state index contributed by atoms with van der Waals surface area (Å²) in [4.78, 5) is 4.34. The summed E-state index contributed by atoms with van der Waals surface area (Å²) in [6.07, 6.45) is -3.27. The van der Waals surface area contributed by atoms with Crippen molar-refractivity contribution in [2.75, 3.05) is 26.0 Å². The molecular formula is C18H28F3N3O3S. The highest BCUT2D eigenvalue weighted by molar-refractivity contribution is 7.92. The van der Waals surface area contributed by atoms with Gasteiger partial charge in [0.25, 0.3) is 0 Å². The van der Waals surface area contributed by atoms with Crippen LogP contribution in [-0.4, -0.2) is 51.3 Å². The molecule has 0 spiro atoms. The number of sulfone groups is 1. The molecular weight excluding hydrogens is 395 g/mol. The third-order valence-electron chi connectivity index (χ3n) is 4.05. The fourth-order valence-corrected chi connectivity index (χ4v) is 2.35. The summed E-state index contributed by atoms with van der Waals surface area (Å²) in [5.41, 5.74) is 1.26. The van der Waals surface area contributed by atoms with Crippen molar-refractivity contribution in [3.63, 3.8) is 0 Å². The molecule has 0 amide bonds. The number of nitrogens with one attached hydrogen (secondary N) is 2. The average molecular weight is 424 g/mol. The van der Waals surface area contributed by atoms with E-state index in [-0.39, 0.29) is 18.8 Å². The molecule has 0 atom stereocenters. The second-order valence-corrected chi connectivity index (χ2v) is 9.75. The van der Waals surface area contributed by atoms with Crippen LogP contribution in [0.15, 0.2) is 23.2 Å². The van der Waals surface area contributed by atoms with Gasteiger partial charge in [-0.1, -0.05) is 12.1 Å². The summed E-state index contributed by atoms with van der Waals surface area (Å²) in [7, 11) is -3.28. The van der Waals surface area contributed by atoms with Crippen LogP contribution in [0.5, 0.6) is 5.75 Å². The van der Waals surface area contributed by atoms with Gasteiger partial charge in [0.15, 0.2) is 22.4 Å². The van der Waals surface area contributed by atoms with Gasteiger partial charge in [-0.25, -0.2) is 13.4 Å². The highest BCUT2D eigenvalue weighted by Crippen LogP contribution is 2.24. The van der Waals surface area contributed by atoms with E-state index in [1.807, 2.05) is 6.92 Å². The molecule has 0 saturated carbocycles. The third kappa shape index (κ3) is 7.95. The van der Waals surface area contributed by atoms with Crippen molar-refractivity contribution in [3.05, 3.63) is 29.3 Å². The number of nitrogens with zero attached hydrogens (tertiary/aromatic N) is 1. The standard InChI is InChI=1S/C18H28F3N3O3S/c1-6-22-16(24-11-17(3,4)28(5,25)26)23-10-14-8-7-13(2)9-15(14)27-12-18(19,20)21/h7-9H,6,10-12H2,1-5H3,(H2,22,23,24). The number of guanidine groups is 1. The summed E-state index contributed by atoms with van der Waals surface area (Å²) in [5.74, 6) is 0.481. The second-order valence-electron chi connectivity index (χ2n) is 7.10. The minimum absolute atomic E-state index is 0.0715. The highest BCUT2D eigenvalue weighted by atomic mass is 32.2. The van der Waals surface area contributed by atoms with E-state index < -0.39 is 27.4 Å². The SMILES string of the molecule is CCNC(=NCc1ccc(C)cc1OCC(F)(F)F)NCC(C)(C)S(C)(=O)=O. The van der Waals surface area contributed by atoms with E-state index in [2.05, 4.69) is 15.6 Å². The van der Waals surface area contributed by atoms with Crippen LogP contribution in [-0.2, 0) is 16.4 Å². The summed E-state index contributed by atoms with van der Waals surface area (Å²) in [6, 6.07) is 4.96. The molecule has 6 nitrogen and oxygen atoms in total. The van der Waals surface area contributed by atoms with Gasteiger partial charge in [-0.15, -0.1) is 0 Å². The maximum atomic E-state index is 12.5. The minimum Gasteiger partial charge on any atom is -0.484 e. The molecule has 160 valence electrons. The zero-order valence-corrected chi connectivity index (χ0v) is 17.6. The number of hydrogen-bond donors (Lipinski definition) is 2. The van der Waals surface area contributed by atoms with Gasteiger partial charge in [-0.3, -0.25) is 0 Å². The van der Waals surface area contributed by atoms with Gasteiger partial charge in [-0.2, -0.15) is 13.2 Å². The lowest BCUT2D eigenvalue weighted by molar-refractivity contribution is -0.153. The first-order valence-electron chi connectivity index (χ1n) is 8.76. The van der Waals surface area contributed by atoms with Crippen molar-refractivity contribution in [3.8, 4) is 5.75 Å². The van der Waals surface area contributed by atoms with Crippen LogP contribution in [0.2, 0.25) is 0 Å². The molecule has 0 bridgehead atoms. The molecule has 0 saturated heterocycles. The lowest BCUT2D eigenvalue weighted by Crippen LogP contribution is -2.47. The molecule has 0 heterocycles. The maximum Gasteiger partial charge on any atom is 0.422 e. The number of ether oxygens (including phenoxy) is 1. The van der Waals surface area contributed by atoms with Gasteiger partial charge in [0.2, 0.25) is 0 Å². The van der Waals surface area contributed by atoms with Crippen LogP contribution >= 0.6 is 0 Å². The van der Waals surface area contributed by atoms with E-state index in [1.165, 1.54) is 6.07 Å². The second kappa shape index (κ2) is 9.49. The lowest BCUT2D eigenvalue weighted by atomic mass is 10.1. The average Bonchev–Trinajstić information content (AvgIpc) is 2.55. The normalized spacial score (nSPS) is 13.4. The van der Waals surface area contributed by atoms with Crippen LogP contribution in [0.3, 0.4) is 0 Å². The Balaban J connectivity index is 2.95. The number of aliphatic imine (C=N–C) groups is 1. The predicted molar refractivity (Wildman–Crippen MR) is 104 cm³/mol. The molecule has 1 aromatic rings. The molecule has 10 heteroatoms. The van der Waals surface area contributed by atoms with Crippen molar-refractivity contribution < 1.29 is 26.3 Å². The first kappa shape index (κ1) is 24.1. The first-order valence-corrected chi connectivity index (χ1v) is 10.6. The molecule has 1 rings (SSSR count). The topological polar surface area (TPSA) is 79.8 Å². The molecule has 0 aliphatic heterocycles. The number of benzene rings is 1.